The Morgan fingerprint density at radius 3 is 2.52 bits per heavy atom. The molecule has 5 nitrogen and oxygen atoms in total. The van der Waals surface area contributed by atoms with Gasteiger partial charge in [-0.25, -0.2) is 4.98 Å². The van der Waals surface area contributed by atoms with Gasteiger partial charge in [-0.2, -0.15) is 0 Å². The summed E-state index contributed by atoms with van der Waals surface area (Å²) < 4.78 is 1.30. The first-order chi connectivity index (χ1) is 9.95. The normalized spacial score (nSPS) is 10.7. The van der Waals surface area contributed by atoms with Crippen LogP contribution in [0.3, 0.4) is 0 Å². The molecule has 0 saturated carbocycles. The molecule has 1 N–H and O–H groups in total. The van der Waals surface area contributed by atoms with Crippen molar-refractivity contribution in [3.05, 3.63) is 58.3 Å². The molecule has 0 radical (unpaired) electrons. The molecule has 0 fully saturated rings. The van der Waals surface area contributed by atoms with E-state index in [-0.39, 0.29) is 23.9 Å². The minimum Gasteiger partial charge on any atom is -0.325 e. The minimum absolute atomic E-state index is 0.0436. The van der Waals surface area contributed by atoms with Gasteiger partial charge in [0.05, 0.1) is 12.0 Å². The Morgan fingerprint density at radius 2 is 1.95 bits per heavy atom. The van der Waals surface area contributed by atoms with Crippen molar-refractivity contribution in [1.82, 2.24) is 9.55 Å². The van der Waals surface area contributed by atoms with Crippen LogP contribution < -0.4 is 10.9 Å². The van der Waals surface area contributed by atoms with E-state index in [1.807, 2.05) is 45.0 Å². The number of amides is 1. The van der Waals surface area contributed by atoms with E-state index in [0.29, 0.717) is 5.69 Å². The van der Waals surface area contributed by atoms with E-state index < -0.39 is 0 Å². The molecule has 0 aliphatic rings. The fraction of sp³-hybridized carbons (Fsp3) is 0.312. The van der Waals surface area contributed by atoms with Crippen molar-refractivity contribution in [1.29, 1.82) is 0 Å². The largest absolute Gasteiger partial charge is 0.325 e. The molecule has 0 bridgehead atoms. The van der Waals surface area contributed by atoms with Crippen LogP contribution in [-0.2, 0) is 11.3 Å². The van der Waals surface area contributed by atoms with Gasteiger partial charge in [0.2, 0.25) is 5.91 Å². The van der Waals surface area contributed by atoms with Gasteiger partial charge >= 0.3 is 0 Å². The molecule has 2 rings (SSSR count). The maximum absolute atomic E-state index is 11.9. The van der Waals surface area contributed by atoms with E-state index in [2.05, 4.69) is 10.3 Å². The molecule has 0 atom stereocenters. The van der Waals surface area contributed by atoms with Gasteiger partial charge in [0.25, 0.3) is 5.56 Å². The van der Waals surface area contributed by atoms with Gasteiger partial charge in [0.1, 0.15) is 6.54 Å². The zero-order valence-electron chi connectivity index (χ0n) is 12.5. The highest BCUT2D eigenvalue weighted by Gasteiger charge is 2.08. The summed E-state index contributed by atoms with van der Waals surface area (Å²) in [7, 11) is 0. The van der Waals surface area contributed by atoms with Crippen molar-refractivity contribution in [2.24, 2.45) is 0 Å². The van der Waals surface area contributed by atoms with Crippen LogP contribution in [0.15, 0.2) is 41.5 Å². The van der Waals surface area contributed by atoms with Crippen molar-refractivity contribution < 1.29 is 4.79 Å². The van der Waals surface area contributed by atoms with Gasteiger partial charge in [-0.15, -0.1) is 0 Å². The first-order valence-corrected chi connectivity index (χ1v) is 6.88. The summed E-state index contributed by atoms with van der Waals surface area (Å²) in [6.07, 6.45) is 1.42. The van der Waals surface area contributed by atoms with Gasteiger partial charge in [-0.1, -0.05) is 31.5 Å². The lowest BCUT2D eigenvalue weighted by molar-refractivity contribution is -0.116. The van der Waals surface area contributed by atoms with Crippen LogP contribution in [0.1, 0.15) is 31.0 Å². The Morgan fingerprint density at radius 1 is 1.29 bits per heavy atom. The lowest BCUT2D eigenvalue weighted by Gasteiger charge is -2.09. The summed E-state index contributed by atoms with van der Waals surface area (Å²) in [5.41, 5.74) is 2.35. The predicted molar refractivity (Wildman–Crippen MR) is 82.4 cm³/mol. The number of anilines is 1. The van der Waals surface area contributed by atoms with E-state index in [1.165, 1.54) is 17.0 Å². The topological polar surface area (TPSA) is 64.0 Å². The molecule has 2 aromatic rings. The van der Waals surface area contributed by atoms with E-state index in [0.717, 1.165) is 11.3 Å². The molecule has 1 amide bonds. The van der Waals surface area contributed by atoms with Gasteiger partial charge in [0, 0.05) is 11.8 Å². The van der Waals surface area contributed by atoms with Crippen molar-refractivity contribution in [3.8, 4) is 0 Å². The smallest absolute Gasteiger partial charge is 0.254 e. The van der Waals surface area contributed by atoms with E-state index in [4.69, 9.17) is 0 Å². The Labute approximate surface area is 123 Å². The first kappa shape index (κ1) is 15.0. The number of nitrogens with one attached hydrogen (secondary N) is 1. The number of aromatic nitrogens is 2. The summed E-state index contributed by atoms with van der Waals surface area (Å²) in [5.74, 6) is -0.0613. The number of rotatable bonds is 4. The molecular formula is C16H19N3O2. The lowest BCUT2D eigenvalue weighted by atomic mass is 10.1. The third-order valence-electron chi connectivity index (χ3n) is 3.14. The summed E-state index contributed by atoms with van der Waals surface area (Å²) in [5, 5.41) is 2.76. The molecule has 1 heterocycles. The average Bonchev–Trinajstić information content (AvgIpc) is 2.43. The molecule has 21 heavy (non-hydrogen) atoms. The van der Waals surface area contributed by atoms with Gasteiger partial charge in [-0.05, 0) is 25.0 Å². The number of nitrogens with zero attached hydrogens (tertiary/aromatic N) is 2. The Bertz CT molecular complexity index is 687. The molecule has 110 valence electrons. The Kier molecular flexibility index (Phi) is 4.52. The van der Waals surface area contributed by atoms with Crippen molar-refractivity contribution >= 4 is 11.6 Å². The van der Waals surface area contributed by atoms with Crippen LogP contribution >= 0.6 is 0 Å². The highest BCUT2D eigenvalue weighted by Crippen LogP contribution is 2.09. The summed E-state index contributed by atoms with van der Waals surface area (Å²) in [6, 6.07) is 8.97. The second-order valence-electron chi connectivity index (χ2n) is 5.35. The SMILES string of the molecule is Cc1ccc(NC(=O)Cn2cnc(C(C)C)cc2=O)cc1. The van der Waals surface area contributed by atoms with E-state index >= 15 is 0 Å². The van der Waals surface area contributed by atoms with Crippen LogP contribution in [0.25, 0.3) is 0 Å². The average molecular weight is 285 g/mol. The molecule has 1 aromatic carbocycles. The van der Waals surface area contributed by atoms with Crippen LogP contribution in [0.4, 0.5) is 5.69 Å². The molecule has 0 aliphatic carbocycles. The predicted octanol–water partition coefficient (Wildman–Crippen LogP) is 2.31. The quantitative estimate of drug-likeness (QED) is 0.937. The summed E-state index contributed by atoms with van der Waals surface area (Å²) in [4.78, 5) is 28.1. The monoisotopic (exact) mass is 285 g/mol. The number of hydrogen-bond acceptors (Lipinski definition) is 3. The van der Waals surface area contributed by atoms with E-state index in [9.17, 15) is 9.59 Å². The maximum Gasteiger partial charge on any atom is 0.254 e. The number of hydrogen-bond donors (Lipinski definition) is 1. The highest BCUT2D eigenvalue weighted by atomic mass is 16.2. The molecule has 0 aliphatic heterocycles. The third-order valence-corrected chi connectivity index (χ3v) is 3.14. The standard InChI is InChI=1S/C16H19N3O2/c1-11(2)14-8-16(21)19(10-17-14)9-15(20)18-13-6-4-12(3)5-7-13/h4-8,10-11H,9H2,1-3H3,(H,18,20). The van der Waals surface area contributed by atoms with Gasteiger partial charge in [0.15, 0.2) is 0 Å². The number of benzene rings is 1. The summed E-state index contributed by atoms with van der Waals surface area (Å²) >= 11 is 0. The van der Waals surface area contributed by atoms with Crippen LogP contribution in [0, 0.1) is 6.92 Å². The Balaban J connectivity index is 2.06. The Hall–Kier alpha value is -2.43. The fourth-order valence-corrected chi connectivity index (χ4v) is 1.87. The minimum atomic E-state index is -0.250. The zero-order chi connectivity index (χ0) is 15.4. The third kappa shape index (κ3) is 4.02. The molecule has 1 aromatic heterocycles. The number of aryl methyl sites for hydroxylation is 1. The molecule has 0 unspecified atom stereocenters. The van der Waals surface area contributed by atoms with Crippen LogP contribution in [0.5, 0.6) is 0 Å². The van der Waals surface area contributed by atoms with Crippen molar-refractivity contribution in [2.75, 3.05) is 5.32 Å². The fourth-order valence-electron chi connectivity index (χ4n) is 1.87. The first-order valence-electron chi connectivity index (χ1n) is 6.88. The molecular weight excluding hydrogens is 266 g/mol. The summed E-state index contributed by atoms with van der Waals surface area (Å²) in [6.45, 7) is 5.87. The lowest BCUT2D eigenvalue weighted by Crippen LogP contribution is -2.28. The number of carbonyl (C=O) groups is 1. The van der Waals surface area contributed by atoms with Crippen molar-refractivity contribution in [3.63, 3.8) is 0 Å². The van der Waals surface area contributed by atoms with Gasteiger partial charge < -0.3 is 5.32 Å². The van der Waals surface area contributed by atoms with Crippen molar-refractivity contribution in [2.45, 2.75) is 33.2 Å². The van der Waals surface area contributed by atoms with Crippen LogP contribution in [0.2, 0.25) is 0 Å². The molecule has 0 spiro atoms. The molecule has 5 heteroatoms. The van der Waals surface area contributed by atoms with E-state index in [1.54, 1.807) is 0 Å². The second kappa shape index (κ2) is 6.35. The second-order valence-corrected chi connectivity index (χ2v) is 5.35. The maximum atomic E-state index is 11.9. The number of carbonyl (C=O) groups excluding carboxylic acids is 1. The highest BCUT2D eigenvalue weighted by molar-refractivity contribution is 5.90. The van der Waals surface area contributed by atoms with Gasteiger partial charge in [-0.3, -0.25) is 14.2 Å². The molecule has 0 saturated heterocycles. The zero-order valence-corrected chi connectivity index (χ0v) is 12.5. The van der Waals surface area contributed by atoms with Crippen LogP contribution in [-0.4, -0.2) is 15.5 Å².